The van der Waals surface area contributed by atoms with Crippen molar-refractivity contribution < 1.29 is 14.1 Å². The summed E-state index contributed by atoms with van der Waals surface area (Å²) >= 11 is 0. The zero-order chi connectivity index (χ0) is 19.5. The van der Waals surface area contributed by atoms with Crippen molar-refractivity contribution >= 4 is 11.9 Å². The first-order valence-corrected chi connectivity index (χ1v) is 9.53. The van der Waals surface area contributed by atoms with E-state index in [9.17, 15) is 4.79 Å². The van der Waals surface area contributed by atoms with Gasteiger partial charge in [0.2, 0.25) is 5.91 Å². The number of nitrogens with zero attached hydrogens (tertiary/aromatic N) is 5. The van der Waals surface area contributed by atoms with E-state index in [1.165, 1.54) is 0 Å². The molecule has 0 aromatic carbocycles. The van der Waals surface area contributed by atoms with Crippen LogP contribution in [0.4, 0.5) is 0 Å². The van der Waals surface area contributed by atoms with E-state index in [1.54, 1.807) is 25.3 Å². The molecule has 0 bridgehead atoms. The largest absolute Gasteiger partial charge is 0.382 e. The second-order valence-corrected chi connectivity index (χ2v) is 6.66. The summed E-state index contributed by atoms with van der Waals surface area (Å²) in [5.41, 5.74) is 0.947. The van der Waals surface area contributed by atoms with Gasteiger partial charge in [0, 0.05) is 72.6 Å². The van der Waals surface area contributed by atoms with Crippen LogP contribution in [0.1, 0.15) is 19.0 Å². The monoisotopic (exact) mass is 380 g/mol. The molecule has 152 valence electrons. The van der Waals surface area contributed by atoms with E-state index in [1.807, 2.05) is 13.0 Å². The molecule has 9 heteroatoms. The lowest BCUT2D eigenvalue weighted by molar-refractivity contribution is -0.127. The van der Waals surface area contributed by atoms with Crippen LogP contribution in [-0.4, -0.2) is 98.3 Å². The average Bonchev–Trinajstić information content (AvgIpc) is 3.17. The van der Waals surface area contributed by atoms with Gasteiger partial charge in [0.25, 0.3) is 0 Å². The molecule has 0 spiro atoms. The van der Waals surface area contributed by atoms with Crippen LogP contribution in [0.25, 0.3) is 0 Å². The van der Waals surface area contributed by atoms with E-state index in [0.29, 0.717) is 0 Å². The SMILES string of the molecule is CCOCCCNC(=NCC(=O)N(C)C)N1CCN(Cc2ccon2)CC1. The van der Waals surface area contributed by atoms with Gasteiger partial charge in [-0.1, -0.05) is 5.16 Å². The number of aliphatic imine (C=N–C) groups is 1. The fraction of sp³-hybridized carbons (Fsp3) is 0.722. The molecule has 1 aliphatic rings. The number of carbonyl (C=O) groups is 1. The molecule has 0 radical (unpaired) electrons. The van der Waals surface area contributed by atoms with Gasteiger partial charge >= 0.3 is 0 Å². The summed E-state index contributed by atoms with van der Waals surface area (Å²) in [6.07, 6.45) is 2.50. The minimum Gasteiger partial charge on any atom is -0.382 e. The van der Waals surface area contributed by atoms with Crippen molar-refractivity contribution in [2.75, 3.05) is 66.6 Å². The summed E-state index contributed by atoms with van der Waals surface area (Å²) in [5, 5.41) is 7.36. The first kappa shape index (κ1) is 21.2. The fourth-order valence-electron chi connectivity index (χ4n) is 2.74. The zero-order valence-corrected chi connectivity index (χ0v) is 16.7. The van der Waals surface area contributed by atoms with Gasteiger partial charge in [-0.05, 0) is 13.3 Å². The van der Waals surface area contributed by atoms with Gasteiger partial charge < -0.3 is 24.4 Å². The quantitative estimate of drug-likeness (QED) is 0.373. The van der Waals surface area contributed by atoms with Gasteiger partial charge in [-0.3, -0.25) is 9.69 Å². The van der Waals surface area contributed by atoms with Crippen molar-refractivity contribution in [3.8, 4) is 0 Å². The normalized spacial score (nSPS) is 15.8. The molecule has 1 saturated heterocycles. The van der Waals surface area contributed by atoms with Crippen LogP contribution >= 0.6 is 0 Å². The number of likely N-dealkylation sites (N-methyl/N-ethyl adjacent to an activating group) is 1. The van der Waals surface area contributed by atoms with Gasteiger partial charge in [-0.25, -0.2) is 4.99 Å². The molecule has 9 nitrogen and oxygen atoms in total. The molecule has 1 amide bonds. The van der Waals surface area contributed by atoms with E-state index < -0.39 is 0 Å². The Balaban J connectivity index is 1.86. The average molecular weight is 380 g/mol. The van der Waals surface area contributed by atoms with Crippen molar-refractivity contribution in [3.05, 3.63) is 18.0 Å². The highest BCUT2D eigenvalue weighted by Crippen LogP contribution is 2.07. The minimum absolute atomic E-state index is 0.00622. The van der Waals surface area contributed by atoms with Crippen molar-refractivity contribution in [2.24, 2.45) is 4.99 Å². The lowest BCUT2D eigenvalue weighted by Crippen LogP contribution is -2.52. The van der Waals surface area contributed by atoms with Crippen LogP contribution in [0, 0.1) is 0 Å². The summed E-state index contributed by atoms with van der Waals surface area (Å²) in [5.74, 6) is 0.788. The molecule has 0 unspecified atom stereocenters. The lowest BCUT2D eigenvalue weighted by atomic mass is 10.3. The molecule has 0 aliphatic carbocycles. The minimum atomic E-state index is -0.00622. The second-order valence-electron chi connectivity index (χ2n) is 6.66. The number of amides is 1. The number of nitrogens with one attached hydrogen (secondary N) is 1. The maximum absolute atomic E-state index is 11.9. The standard InChI is InChI=1S/C18H32N6O3/c1-4-26-12-5-7-19-18(20-14-17(25)22(2)3)24-10-8-23(9-11-24)15-16-6-13-27-21-16/h6,13H,4-5,7-12,14-15H2,1-3H3,(H,19,20). The molecule has 1 aliphatic heterocycles. The lowest BCUT2D eigenvalue weighted by Gasteiger charge is -2.36. The summed E-state index contributed by atoms with van der Waals surface area (Å²) in [6, 6.07) is 1.89. The Bertz CT molecular complexity index is 568. The molecule has 1 fully saturated rings. The number of carbonyl (C=O) groups excluding carboxylic acids is 1. The predicted octanol–water partition coefficient (Wildman–Crippen LogP) is 0.253. The molecular weight excluding hydrogens is 348 g/mol. The zero-order valence-electron chi connectivity index (χ0n) is 16.7. The third-order valence-corrected chi connectivity index (χ3v) is 4.36. The smallest absolute Gasteiger partial charge is 0.243 e. The van der Waals surface area contributed by atoms with Crippen LogP contribution < -0.4 is 5.32 Å². The Kier molecular flexibility index (Phi) is 9.06. The molecule has 0 atom stereocenters. The summed E-state index contributed by atoms with van der Waals surface area (Å²) in [4.78, 5) is 22.6. The second kappa shape index (κ2) is 11.6. The Hall–Kier alpha value is -2.13. The van der Waals surface area contributed by atoms with Crippen LogP contribution in [-0.2, 0) is 16.1 Å². The Morgan fingerprint density at radius 1 is 1.37 bits per heavy atom. The number of hydrogen-bond acceptors (Lipinski definition) is 6. The summed E-state index contributed by atoms with van der Waals surface area (Å²) in [6.45, 7) is 8.68. The van der Waals surface area contributed by atoms with Crippen molar-refractivity contribution in [3.63, 3.8) is 0 Å². The molecule has 0 saturated carbocycles. The third-order valence-electron chi connectivity index (χ3n) is 4.36. The Labute approximate surface area is 161 Å². The van der Waals surface area contributed by atoms with Crippen molar-refractivity contribution in [1.82, 2.24) is 25.2 Å². The van der Waals surface area contributed by atoms with E-state index in [4.69, 9.17) is 9.26 Å². The first-order chi connectivity index (χ1) is 13.1. The van der Waals surface area contributed by atoms with E-state index >= 15 is 0 Å². The molecular formula is C18H32N6O3. The number of piperazine rings is 1. The predicted molar refractivity (Wildman–Crippen MR) is 103 cm³/mol. The highest BCUT2D eigenvalue weighted by molar-refractivity contribution is 5.84. The van der Waals surface area contributed by atoms with E-state index in [0.717, 1.165) is 70.6 Å². The number of guanidine groups is 1. The Morgan fingerprint density at radius 2 is 2.15 bits per heavy atom. The van der Waals surface area contributed by atoms with Gasteiger partial charge in [-0.2, -0.15) is 0 Å². The van der Waals surface area contributed by atoms with Gasteiger partial charge in [0.05, 0.1) is 5.69 Å². The Morgan fingerprint density at radius 3 is 2.78 bits per heavy atom. The van der Waals surface area contributed by atoms with Gasteiger partial charge in [0.15, 0.2) is 5.96 Å². The van der Waals surface area contributed by atoms with Gasteiger partial charge in [-0.15, -0.1) is 0 Å². The number of ether oxygens (including phenoxy) is 1. The van der Waals surface area contributed by atoms with Crippen LogP contribution in [0.15, 0.2) is 21.8 Å². The first-order valence-electron chi connectivity index (χ1n) is 9.53. The van der Waals surface area contributed by atoms with Crippen molar-refractivity contribution in [1.29, 1.82) is 0 Å². The molecule has 1 aromatic rings. The fourth-order valence-corrected chi connectivity index (χ4v) is 2.74. The molecule has 1 N–H and O–H groups in total. The highest BCUT2D eigenvalue weighted by Gasteiger charge is 2.20. The third kappa shape index (κ3) is 7.56. The van der Waals surface area contributed by atoms with E-state index in [2.05, 4.69) is 25.3 Å². The maximum atomic E-state index is 11.9. The number of rotatable bonds is 9. The van der Waals surface area contributed by atoms with Crippen LogP contribution in [0.3, 0.4) is 0 Å². The van der Waals surface area contributed by atoms with Crippen LogP contribution in [0.2, 0.25) is 0 Å². The molecule has 2 rings (SSSR count). The van der Waals surface area contributed by atoms with Crippen LogP contribution in [0.5, 0.6) is 0 Å². The molecule has 1 aromatic heterocycles. The number of aromatic nitrogens is 1. The highest BCUT2D eigenvalue weighted by atomic mass is 16.5. The maximum Gasteiger partial charge on any atom is 0.243 e. The summed E-state index contributed by atoms with van der Waals surface area (Å²) in [7, 11) is 3.49. The van der Waals surface area contributed by atoms with Gasteiger partial charge in [0.1, 0.15) is 12.8 Å². The molecule has 27 heavy (non-hydrogen) atoms. The van der Waals surface area contributed by atoms with Crippen molar-refractivity contribution in [2.45, 2.75) is 19.9 Å². The summed E-state index contributed by atoms with van der Waals surface area (Å²) < 4.78 is 10.3. The van der Waals surface area contributed by atoms with E-state index in [-0.39, 0.29) is 12.5 Å². The topological polar surface area (TPSA) is 86.4 Å². The molecule has 2 heterocycles. The number of hydrogen-bond donors (Lipinski definition) is 1.